The Morgan fingerprint density at radius 1 is 1.16 bits per heavy atom. The number of H-pyrrole nitrogens is 1. The number of hydrogen-bond acceptors (Lipinski definition) is 4. The second-order valence-corrected chi connectivity index (χ2v) is 9.08. The van der Waals surface area contributed by atoms with Gasteiger partial charge in [0, 0.05) is 42.1 Å². The van der Waals surface area contributed by atoms with Crippen LogP contribution in [0.15, 0.2) is 41.3 Å². The van der Waals surface area contributed by atoms with E-state index < -0.39 is 9.84 Å². The van der Waals surface area contributed by atoms with E-state index in [1.54, 1.807) is 13.1 Å². The largest absolute Gasteiger partial charge is 0.363 e. The van der Waals surface area contributed by atoms with Crippen LogP contribution in [0.1, 0.15) is 28.8 Å². The molecule has 1 fully saturated rings. The quantitative estimate of drug-likeness (QED) is 0.887. The summed E-state index contributed by atoms with van der Waals surface area (Å²) in [5, 5.41) is 0. The smallest absolute Gasteiger partial charge is 0.187 e. The van der Waals surface area contributed by atoms with E-state index in [1.807, 2.05) is 37.3 Å². The van der Waals surface area contributed by atoms with Crippen molar-refractivity contribution in [2.45, 2.75) is 39.4 Å². The van der Waals surface area contributed by atoms with Gasteiger partial charge in [0.2, 0.25) is 0 Å². The molecule has 1 aromatic heterocycles. The van der Waals surface area contributed by atoms with Crippen LogP contribution in [0.25, 0.3) is 0 Å². The molecule has 6 heteroatoms. The van der Waals surface area contributed by atoms with Crippen molar-refractivity contribution in [2.24, 2.45) is 0 Å². The third-order valence-electron chi connectivity index (χ3n) is 4.93. The second-order valence-electron chi connectivity index (χ2n) is 6.85. The van der Waals surface area contributed by atoms with Gasteiger partial charge in [0.15, 0.2) is 15.3 Å². The van der Waals surface area contributed by atoms with Crippen LogP contribution in [0.3, 0.4) is 0 Å². The minimum atomic E-state index is -2.96. The molecule has 1 aliphatic rings. The molecule has 5 nitrogen and oxygen atoms in total. The number of pyridine rings is 1. The second kappa shape index (κ2) is 7.14. The van der Waals surface area contributed by atoms with Crippen molar-refractivity contribution < 1.29 is 8.42 Å². The highest BCUT2D eigenvalue weighted by Gasteiger charge is 2.32. The summed E-state index contributed by atoms with van der Waals surface area (Å²) in [6.07, 6.45) is 2.38. The molecule has 1 N–H and O–H groups in total. The summed E-state index contributed by atoms with van der Waals surface area (Å²) < 4.78 is 23.9. The maximum absolute atomic E-state index is 12.2. The van der Waals surface area contributed by atoms with Gasteiger partial charge in [0.05, 0.1) is 11.5 Å². The predicted molar refractivity (Wildman–Crippen MR) is 99.3 cm³/mol. The van der Waals surface area contributed by atoms with Crippen LogP contribution in [0.5, 0.6) is 0 Å². The number of benzene rings is 1. The monoisotopic (exact) mass is 360 g/mol. The van der Waals surface area contributed by atoms with Gasteiger partial charge in [0.1, 0.15) is 0 Å². The lowest BCUT2D eigenvalue weighted by molar-refractivity contribution is 0.191. The van der Waals surface area contributed by atoms with Gasteiger partial charge >= 0.3 is 0 Å². The Labute approximate surface area is 148 Å². The Morgan fingerprint density at radius 2 is 1.88 bits per heavy atom. The zero-order valence-electron chi connectivity index (χ0n) is 14.7. The standard InChI is InChI=1S/C19H24N2O3S/c1-14-10-20-18(15(2)19(14)22)12-21(11-16-6-4-3-5-7-16)17-8-9-25(23,24)13-17/h3-7,10,17H,8-9,11-13H2,1-2H3,(H,20,22). The lowest BCUT2D eigenvalue weighted by atomic mass is 10.1. The van der Waals surface area contributed by atoms with Crippen molar-refractivity contribution in [1.82, 2.24) is 9.88 Å². The van der Waals surface area contributed by atoms with Crippen LogP contribution in [0, 0.1) is 13.8 Å². The number of aromatic amines is 1. The fourth-order valence-corrected chi connectivity index (χ4v) is 5.13. The van der Waals surface area contributed by atoms with E-state index in [1.165, 1.54) is 0 Å². The van der Waals surface area contributed by atoms with Crippen LogP contribution in [-0.2, 0) is 22.9 Å². The average Bonchev–Trinajstić information content (AvgIpc) is 2.95. The molecule has 0 radical (unpaired) electrons. The van der Waals surface area contributed by atoms with E-state index in [0.717, 1.165) is 11.3 Å². The molecule has 2 heterocycles. The molecule has 0 bridgehead atoms. The topological polar surface area (TPSA) is 70.2 Å². The number of rotatable bonds is 5. The van der Waals surface area contributed by atoms with Crippen LogP contribution >= 0.6 is 0 Å². The molecule has 1 atom stereocenters. The van der Waals surface area contributed by atoms with Crippen molar-refractivity contribution >= 4 is 9.84 Å². The molecule has 1 unspecified atom stereocenters. The minimum absolute atomic E-state index is 0.0191. The number of sulfone groups is 1. The summed E-state index contributed by atoms with van der Waals surface area (Å²) in [6, 6.07) is 10.0. The van der Waals surface area contributed by atoms with Crippen molar-refractivity contribution in [3.8, 4) is 0 Å². The van der Waals surface area contributed by atoms with Crippen molar-refractivity contribution in [3.05, 3.63) is 69.1 Å². The van der Waals surface area contributed by atoms with E-state index in [-0.39, 0.29) is 23.0 Å². The molecular formula is C19H24N2O3S. The van der Waals surface area contributed by atoms with E-state index in [0.29, 0.717) is 30.6 Å². The Bertz CT molecular complexity index is 904. The summed E-state index contributed by atoms with van der Waals surface area (Å²) >= 11 is 0. The van der Waals surface area contributed by atoms with Gasteiger partial charge in [-0.2, -0.15) is 0 Å². The van der Waals surface area contributed by atoms with Gasteiger partial charge in [-0.05, 0) is 25.8 Å². The fraction of sp³-hybridized carbons (Fsp3) is 0.421. The summed E-state index contributed by atoms with van der Waals surface area (Å²) in [5.41, 5.74) is 3.44. The van der Waals surface area contributed by atoms with Crippen LogP contribution in [0.4, 0.5) is 0 Å². The van der Waals surface area contributed by atoms with Crippen LogP contribution in [0.2, 0.25) is 0 Å². The van der Waals surface area contributed by atoms with Crippen LogP contribution < -0.4 is 5.43 Å². The van der Waals surface area contributed by atoms with Crippen LogP contribution in [-0.4, -0.2) is 35.8 Å². The molecule has 0 saturated carbocycles. The Hall–Kier alpha value is -1.92. The first-order valence-corrected chi connectivity index (χ1v) is 10.3. The predicted octanol–water partition coefficient (Wildman–Crippen LogP) is 2.18. The van der Waals surface area contributed by atoms with Gasteiger partial charge in [-0.15, -0.1) is 0 Å². The normalized spacial score (nSPS) is 19.4. The molecule has 1 saturated heterocycles. The highest BCUT2D eigenvalue weighted by molar-refractivity contribution is 7.91. The van der Waals surface area contributed by atoms with E-state index in [2.05, 4.69) is 9.88 Å². The maximum Gasteiger partial charge on any atom is 0.187 e. The van der Waals surface area contributed by atoms with E-state index >= 15 is 0 Å². The lowest BCUT2D eigenvalue weighted by Gasteiger charge is -2.28. The number of aromatic nitrogens is 1. The highest BCUT2D eigenvalue weighted by atomic mass is 32.2. The van der Waals surface area contributed by atoms with E-state index in [9.17, 15) is 13.2 Å². The molecular weight excluding hydrogens is 336 g/mol. The number of nitrogens with one attached hydrogen (secondary N) is 1. The first kappa shape index (κ1) is 17.9. The average molecular weight is 360 g/mol. The van der Waals surface area contributed by atoms with Gasteiger partial charge in [-0.1, -0.05) is 30.3 Å². The first-order valence-electron chi connectivity index (χ1n) is 8.52. The summed E-state index contributed by atoms with van der Waals surface area (Å²) in [5.74, 6) is 0.432. The molecule has 134 valence electrons. The van der Waals surface area contributed by atoms with Crippen molar-refractivity contribution in [2.75, 3.05) is 11.5 Å². The SMILES string of the molecule is Cc1c[nH]c(CN(Cc2ccccc2)C2CCS(=O)(=O)C2)c(C)c1=O. The third kappa shape index (κ3) is 4.19. The van der Waals surface area contributed by atoms with Crippen molar-refractivity contribution in [3.63, 3.8) is 0 Å². The molecule has 0 spiro atoms. The number of hydrogen-bond donors (Lipinski definition) is 1. The third-order valence-corrected chi connectivity index (χ3v) is 6.68. The molecule has 0 aliphatic carbocycles. The van der Waals surface area contributed by atoms with Gasteiger partial charge in [-0.3, -0.25) is 9.69 Å². The Kier molecular flexibility index (Phi) is 5.11. The highest BCUT2D eigenvalue weighted by Crippen LogP contribution is 2.22. The summed E-state index contributed by atoms with van der Waals surface area (Å²) in [4.78, 5) is 17.6. The number of aryl methyl sites for hydroxylation is 1. The first-order chi connectivity index (χ1) is 11.9. The van der Waals surface area contributed by atoms with Gasteiger partial charge < -0.3 is 4.98 Å². The zero-order valence-corrected chi connectivity index (χ0v) is 15.5. The maximum atomic E-state index is 12.2. The van der Waals surface area contributed by atoms with Gasteiger partial charge in [-0.25, -0.2) is 8.42 Å². The molecule has 3 rings (SSSR count). The molecule has 25 heavy (non-hydrogen) atoms. The Morgan fingerprint density at radius 3 is 2.52 bits per heavy atom. The summed E-state index contributed by atoms with van der Waals surface area (Å²) in [7, 11) is -2.96. The lowest BCUT2D eigenvalue weighted by Crippen LogP contribution is -2.36. The number of nitrogens with zero attached hydrogens (tertiary/aromatic N) is 1. The molecule has 0 amide bonds. The van der Waals surface area contributed by atoms with E-state index in [4.69, 9.17) is 0 Å². The summed E-state index contributed by atoms with van der Waals surface area (Å²) in [6.45, 7) is 4.82. The zero-order chi connectivity index (χ0) is 18.0. The molecule has 2 aromatic rings. The van der Waals surface area contributed by atoms with Crippen molar-refractivity contribution in [1.29, 1.82) is 0 Å². The van der Waals surface area contributed by atoms with Gasteiger partial charge in [0.25, 0.3) is 0 Å². The minimum Gasteiger partial charge on any atom is -0.363 e. The fourth-order valence-electron chi connectivity index (χ4n) is 3.36. The molecule has 1 aromatic carbocycles. The molecule has 1 aliphatic heterocycles. The Balaban J connectivity index is 1.89.